The van der Waals surface area contributed by atoms with Crippen molar-refractivity contribution < 1.29 is 4.79 Å². The zero-order valence-electron chi connectivity index (χ0n) is 14.0. The fourth-order valence-corrected chi connectivity index (χ4v) is 4.61. The summed E-state index contributed by atoms with van der Waals surface area (Å²) in [5.74, 6) is 1.70. The SMILES string of the molecule is O=C(c1cnn(CCN2CCCCC2)c1)N1C[C@@H]2CCC[C@H]2C1. The number of fused-ring (bicyclic) bond motifs is 1. The Morgan fingerprint density at radius 3 is 2.52 bits per heavy atom. The molecule has 1 saturated carbocycles. The van der Waals surface area contributed by atoms with E-state index in [4.69, 9.17) is 0 Å². The Labute approximate surface area is 138 Å². The summed E-state index contributed by atoms with van der Waals surface area (Å²) in [6.45, 7) is 6.28. The standard InChI is InChI=1S/C18H28N4O/c23-18(21-12-15-5-4-6-16(15)13-21)17-11-19-22(14-17)10-9-20-7-2-1-3-8-20/h11,14-16H,1-10,12-13H2/t15-,16-/m0/s1. The molecule has 2 saturated heterocycles. The van der Waals surface area contributed by atoms with Crippen LogP contribution < -0.4 is 0 Å². The van der Waals surface area contributed by atoms with Crippen LogP contribution in [-0.2, 0) is 6.54 Å². The maximum atomic E-state index is 12.7. The van der Waals surface area contributed by atoms with Crippen molar-refractivity contribution in [3.05, 3.63) is 18.0 Å². The third kappa shape index (κ3) is 3.30. The maximum absolute atomic E-state index is 12.7. The first-order valence-electron chi connectivity index (χ1n) is 9.34. The molecule has 1 aliphatic carbocycles. The Bertz CT molecular complexity index is 537. The van der Waals surface area contributed by atoms with E-state index in [1.165, 1.54) is 51.6 Å². The second-order valence-electron chi connectivity index (χ2n) is 7.56. The summed E-state index contributed by atoms with van der Waals surface area (Å²) < 4.78 is 1.94. The minimum Gasteiger partial charge on any atom is -0.338 e. The molecule has 1 amide bonds. The molecule has 2 atom stereocenters. The Morgan fingerprint density at radius 2 is 1.78 bits per heavy atom. The lowest BCUT2D eigenvalue weighted by Gasteiger charge is -2.26. The van der Waals surface area contributed by atoms with E-state index in [1.807, 2.05) is 10.9 Å². The minimum absolute atomic E-state index is 0.184. The second-order valence-corrected chi connectivity index (χ2v) is 7.56. The van der Waals surface area contributed by atoms with Crippen LogP contribution in [0.5, 0.6) is 0 Å². The number of amides is 1. The molecule has 0 bridgehead atoms. The number of hydrogen-bond acceptors (Lipinski definition) is 3. The van der Waals surface area contributed by atoms with Gasteiger partial charge in [0.25, 0.3) is 5.91 Å². The van der Waals surface area contributed by atoms with Crippen molar-refractivity contribution >= 4 is 5.91 Å². The fraction of sp³-hybridized carbons (Fsp3) is 0.778. The number of carbonyl (C=O) groups is 1. The zero-order chi connectivity index (χ0) is 15.6. The topological polar surface area (TPSA) is 41.4 Å². The van der Waals surface area contributed by atoms with E-state index in [1.54, 1.807) is 6.20 Å². The lowest BCUT2D eigenvalue weighted by molar-refractivity contribution is 0.0780. The molecule has 3 heterocycles. The molecule has 5 nitrogen and oxygen atoms in total. The summed E-state index contributed by atoms with van der Waals surface area (Å²) in [6, 6.07) is 0. The summed E-state index contributed by atoms with van der Waals surface area (Å²) in [5.41, 5.74) is 0.767. The summed E-state index contributed by atoms with van der Waals surface area (Å²) >= 11 is 0. The quantitative estimate of drug-likeness (QED) is 0.855. The van der Waals surface area contributed by atoms with Crippen LogP contribution >= 0.6 is 0 Å². The van der Waals surface area contributed by atoms with Crippen molar-refractivity contribution in [3.8, 4) is 0 Å². The molecule has 0 unspecified atom stereocenters. The predicted molar refractivity (Wildman–Crippen MR) is 89.3 cm³/mol. The van der Waals surface area contributed by atoms with Gasteiger partial charge in [-0.3, -0.25) is 9.48 Å². The highest BCUT2D eigenvalue weighted by Crippen LogP contribution is 2.38. The van der Waals surface area contributed by atoms with Crippen molar-refractivity contribution in [2.45, 2.75) is 45.1 Å². The lowest BCUT2D eigenvalue weighted by Crippen LogP contribution is -2.32. The van der Waals surface area contributed by atoms with E-state index >= 15 is 0 Å². The monoisotopic (exact) mass is 316 g/mol. The Hall–Kier alpha value is -1.36. The van der Waals surface area contributed by atoms with Crippen LogP contribution in [0.4, 0.5) is 0 Å². The van der Waals surface area contributed by atoms with Crippen LogP contribution in [0.3, 0.4) is 0 Å². The smallest absolute Gasteiger partial charge is 0.257 e. The molecule has 23 heavy (non-hydrogen) atoms. The number of likely N-dealkylation sites (tertiary alicyclic amines) is 2. The maximum Gasteiger partial charge on any atom is 0.257 e. The van der Waals surface area contributed by atoms with Crippen molar-refractivity contribution in [2.24, 2.45) is 11.8 Å². The molecule has 0 radical (unpaired) electrons. The van der Waals surface area contributed by atoms with Gasteiger partial charge in [0.15, 0.2) is 0 Å². The molecular formula is C18H28N4O. The Morgan fingerprint density at radius 1 is 1.04 bits per heavy atom. The first-order chi connectivity index (χ1) is 11.3. The summed E-state index contributed by atoms with van der Waals surface area (Å²) in [7, 11) is 0. The number of aromatic nitrogens is 2. The lowest BCUT2D eigenvalue weighted by atomic mass is 10.0. The fourth-order valence-electron chi connectivity index (χ4n) is 4.61. The molecule has 2 aliphatic heterocycles. The Balaban J connectivity index is 1.31. The van der Waals surface area contributed by atoms with Crippen LogP contribution in [0.25, 0.3) is 0 Å². The number of carbonyl (C=O) groups excluding carboxylic acids is 1. The number of nitrogens with zero attached hydrogens (tertiary/aromatic N) is 4. The average Bonchev–Trinajstić information content (AvgIpc) is 3.28. The molecular weight excluding hydrogens is 288 g/mol. The summed E-state index contributed by atoms with van der Waals surface area (Å²) in [6.07, 6.45) is 11.7. The van der Waals surface area contributed by atoms with Gasteiger partial charge in [0.2, 0.25) is 0 Å². The highest BCUT2D eigenvalue weighted by molar-refractivity contribution is 5.93. The first-order valence-corrected chi connectivity index (χ1v) is 9.34. The van der Waals surface area contributed by atoms with Gasteiger partial charge < -0.3 is 9.80 Å². The molecule has 3 aliphatic rings. The van der Waals surface area contributed by atoms with E-state index in [2.05, 4.69) is 14.9 Å². The van der Waals surface area contributed by atoms with E-state index in [0.717, 1.165) is 43.6 Å². The van der Waals surface area contributed by atoms with E-state index < -0.39 is 0 Å². The summed E-state index contributed by atoms with van der Waals surface area (Å²) in [5, 5.41) is 4.41. The van der Waals surface area contributed by atoms with Gasteiger partial charge in [0.05, 0.1) is 18.3 Å². The van der Waals surface area contributed by atoms with Crippen LogP contribution in [0, 0.1) is 11.8 Å². The van der Waals surface area contributed by atoms with Gasteiger partial charge in [0.1, 0.15) is 0 Å². The van der Waals surface area contributed by atoms with Gasteiger partial charge in [-0.05, 0) is 50.6 Å². The predicted octanol–water partition coefficient (Wildman–Crippen LogP) is 2.24. The number of piperidine rings is 1. The van der Waals surface area contributed by atoms with Crippen LogP contribution in [0.2, 0.25) is 0 Å². The van der Waals surface area contributed by atoms with Crippen molar-refractivity contribution in [2.75, 3.05) is 32.7 Å². The van der Waals surface area contributed by atoms with Crippen molar-refractivity contribution in [1.29, 1.82) is 0 Å². The minimum atomic E-state index is 0.184. The highest BCUT2D eigenvalue weighted by atomic mass is 16.2. The molecule has 1 aromatic heterocycles. The largest absolute Gasteiger partial charge is 0.338 e. The van der Waals surface area contributed by atoms with Gasteiger partial charge in [0, 0.05) is 25.8 Å². The molecule has 126 valence electrons. The molecule has 0 spiro atoms. The van der Waals surface area contributed by atoms with Gasteiger partial charge in [-0.25, -0.2) is 0 Å². The van der Waals surface area contributed by atoms with Gasteiger partial charge in [-0.15, -0.1) is 0 Å². The van der Waals surface area contributed by atoms with Crippen LogP contribution in [-0.4, -0.2) is 58.2 Å². The van der Waals surface area contributed by atoms with Crippen LogP contribution in [0.1, 0.15) is 48.9 Å². The average molecular weight is 316 g/mol. The number of hydrogen-bond donors (Lipinski definition) is 0. The van der Waals surface area contributed by atoms with Gasteiger partial charge >= 0.3 is 0 Å². The van der Waals surface area contributed by atoms with E-state index in [9.17, 15) is 4.79 Å². The molecule has 0 N–H and O–H groups in total. The number of rotatable bonds is 4. The molecule has 4 rings (SSSR count). The third-order valence-corrected chi connectivity index (χ3v) is 5.99. The van der Waals surface area contributed by atoms with Crippen molar-refractivity contribution in [3.63, 3.8) is 0 Å². The zero-order valence-corrected chi connectivity index (χ0v) is 14.0. The summed E-state index contributed by atoms with van der Waals surface area (Å²) in [4.78, 5) is 17.2. The third-order valence-electron chi connectivity index (χ3n) is 5.99. The van der Waals surface area contributed by atoms with Crippen LogP contribution in [0.15, 0.2) is 12.4 Å². The first kappa shape index (κ1) is 15.2. The molecule has 3 fully saturated rings. The molecule has 0 aromatic carbocycles. The Kier molecular flexibility index (Phi) is 4.38. The van der Waals surface area contributed by atoms with Gasteiger partial charge in [-0.1, -0.05) is 12.8 Å². The van der Waals surface area contributed by atoms with Gasteiger partial charge in [-0.2, -0.15) is 5.10 Å². The van der Waals surface area contributed by atoms with Crippen molar-refractivity contribution in [1.82, 2.24) is 19.6 Å². The molecule has 1 aromatic rings. The normalized spacial score (nSPS) is 28.3. The van der Waals surface area contributed by atoms with E-state index in [-0.39, 0.29) is 5.91 Å². The molecule has 5 heteroatoms. The van der Waals surface area contributed by atoms with E-state index in [0.29, 0.717) is 0 Å². The highest BCUT2D eigenvalue weighted by Gasteiger charge is 2.38. The second kappa shape index (κ2) is 6.63.